The van der Waals surface area contributed by atoms with E-state index in [1.54, 1.807) is 7.05 Å². The molecule has 1 amide bonds. The quantitative estimate of drug-likeness (QED) is 0.751. The Hall–Kier alpha value is -0.910. The minimum Gasteiger partial charge on any atom is -0.387 e. The molecule has 0 saturated heterocycles. The first kappa shape index (κ1) is 13.2. The van der Waals surface area contributed by atoms with Crippen LogP contribution in [0.3, 0.4) is 0 Å². The van der Waals surface area contributed by atoms with E-state index in [9.17, 15) is 9.90 Å². The topological polar surface area (TPSA) is 61.4 Å². The third-order valence-electron chi connectivity index (χ3n) is 2.14. The van der Waals surface area contributed by atoms with Crippen molar-refractivity contribution in [1.29, 1.82) is 0 Å². The maximum Gasteiger partial charge on any atom is 0.233 e. The van der Waals surface area contributed by atoms with Gasteiger partial charge >= 0.3 is 0 Å². The summed E-state index contributed by atoms with van der Waals surface area (Å²) in [7, 11) is 1.58. The molecule has 5 heteroatoms. The van der Waals surface area contributed by atoms with Crippen LogP contribution in [0.4, 0.5) is 0 Å². The van der Waals surface area contributed by atoms with Crippen LogP contribution in [0.2, 0.25) is 0 Å². The van der Waals surface area contributed by atoms with Gasteiger partial charge in [-0.2, -0.15) is 0 Å². The summed E-state index contributed by atoms with van der Waals surface area (Å²) in [6.07, 6.45) is -0.609. The Morgan fingerprint density at radius 2 is 2.31 bits per heavy atom. The van der Waals surface area contributed by atoms with E-state index >= 15 is 0 Å². The second-order valence-corrected chi connectivity index (χ2v) is 4.29. The number of carbonyl (C=O) groups excluding carboxylic acids is 1. The van der Waals surface area contributed by atoms with Crippen LogP contribution in [0.25, 0.3) is 0 Å². The zero-order chi connectivity index (χ0) is 12.0. The van der Waals surface area contributed by atoms with Gasteiger partial charge < -0.3 is 15.7 Å². The van der Waals surface area contributed by atoms with E-state index in [1.165, 1.54) is 0 Å². The van der Waals surface area contributed by atoms with Gasteiger partial charge in [0.05, 0.1) is 12.6 Å². The first-order valence-electron chi connectivity index (χ1n) is 4.98. The fourth-order valence-corrected chi connectivity index (χ4v) is 1.66. The first-order valence-corrected chi connectivity index (χ1v) is 5.77. The number of rotatable bonds is 5. The lowest BCUT2D eigenvalue weighted by Crippen LogP contribution is -2.33. The third-order valence-corrected chi connectivity index (χ3v) is 2.63. The van der Waals surface area contributed by atoms with Crippen LogP contribution in [0, 0.1) is 0 Å². The average molecular weight is 287 g/mol. The van der Waals surface area contributed by atoms with Crippen LogP contribution in [0.1, 0.15) is 11.7 Å². The number of nitrogens with one attached hydrogen (secondary N) is 2. The fraction of sp³-hybridized carbons (Fsp3) is 0.364. The molecule has 1 atom stereocenters. The maximum absolute atomic E-state index is 10.9. The summed E-state index contributed by atoms with van der Waals surface area (Å²) in [6.45, 7) is 0.561. The number of amides is 1. The molecule has 0 aromatic heterocycles. The first-order chi connectivity index (χ1) is 7.63. The van der Waals surface area contributed by atoms with Gasteiger partial charge in [0.25, 0.3) is 0 Å². The molecule has 0 radical (unpaired) electrons. The van der Waals surface area contributed by atoms with Crippen molar-refractivity contribution in [3.05, 3.63) is 34.3 Å². The number of hydrogen-bond acceptors (Lipinski definition) is 3. The highest BCUT2D eigenvalue weighted by Crippen LogP contribution is 2.17. The Morgan fingerprint density at radius 1 is 1.56 bits per heavy atom. The normalized spacial score (nSPS) is 12.2. The number of aliphatic hydroxyl groups excluding tert-OH is 1. The van der Waals surface area contributed by atoms with Gasteiger partial charge in [-0.15, -0.1) is 0 Å². The summed E-state index contributed by atoms with van der Waals surface area (Å²) in [5.41, 5.74) is 0.818. The van der Waals surface area contributed by atoms with Crippen LogP contribution in [0.5, 0.6) is 0 Å². The Balaban J connectivity index is 2.40. The van der Waals surface area contributed by atoms with Crippen LogP contribution >= 0.6 is 15.9 Å². The van der Waals surface area contributed by atoms with Gasteiger partial charge in [-0.25, -0.2) is 0 Å². The summed E-state index contributed by atoms with van der Waals surface area (Å²) in [5, 5.41) is 15.2. The number of halogens is 1. The molecule has 0 aliphatic rings. The molecule has 0 saturated carbocycles. The van der Waals surface area contributed by atoms with Crippen molar-refractivity contribution in [2.45, 2.75) is 6.10 Å². The predicted octanol–water partition coefficient (Wildman–Crippen LogP) is 0.818. The van der Waals surface area contributed by atoms with E-state index in [2.05, 4.69) is 26.6 Å². The molecule has 0 heterocycles. The molecule has 0 aliphatic carbocycles. The average Bonchev–Trinajstić information content (AvgIpc) is 2.28. The van der Waals surface area contributed by atoms with Gasteiger partial charge in [0.1, 0.15) is 0 Å². The molecule has 0 aliphatic heterocycles. The SMILES string of the molecule is CNC(=O)CNCC(O)c1cccc(Br)c1. The van der Waals surface area contributed by atoms with E-state index in [-0.39, 0.29) is 12.5 Å². The van der Waals surface area contributed by atoms with E-state index in [4.69, 9.17) is 0 Å². The van der Waals surface area contributed by atoms with E-state index in [0.29, 0.717) is 6.54 Å². The maximum atomic E-state index is 10.9. The molecule has 3 N–H and O–H groups in total. The zero-order valence-corrected chi connectivity index (χ0v) is 10.6. The molecule has 1 aromatic carbocycles. The molecule has 0 spiro atoms. The number of carbonyl (C=O) groups is 1. The van der Waals surface area contributed by atoms with Gasteiger partial charge in [0.15, 0.2) is 0 Å². The Morgan fingerprint density at radius 3 is 2.94 bits per heavy atom. The van der Waals surface area contributed by atoms with Gasteiger partial charge in [-0.3, -0.25) is 4.79 Å². The minimum atomic E-state index is -0.609. The molecule has 0 fully saturated rings. The largest absolute Gasteiger partial charge is 0.387 e. The van der Waals surface area contributed by atoms with Crippen LogP contribution in [-0.4, -0.2) is 31.2 Å². The van der Waals surface area contributed by atoms with Crippen molar-refractivity contribution in [3.63, 3.8) is 0 Å². The van der Waals surface area contributed by atoms with Crippen LogP contribution in [0.15, 0.2) is 28.7 Å². The highest BCUT2D eigenvalue weighted by atomic mass is 79.9. The highest BCUT2D eigenvalue weighted by molar-refractivity contribution is 9.10. The standard InChI is InChI=1S/C11H15BrN2O2/c1-13-11(16)7-14-6-10(15)8-3-2-4-9(12)5-8/h2-5,10,14-15H,6-7H2,1H3,(H,13,16). The summed E-state index contributed by atoms with van der Waals surface area (Å²) in [6, 6.07) is 7.46. The van der Waals surface area contributed by atoms with Gasteiger partial charge in [-0.05, 0) is 17.7 Å². The molecular weight excluding hydrogens is 272 g/mol. The summed E-state index contributed by atoms with van der Waals surface area (Å²) < 4.78 is 0.926. The second-order valence-electron chi connectivity index (χ2n) is 3.37. The molecule has 4 nitrogen and oxygen atoms in total. The zero-order valence-electron chi connectivity index (χ0n) is 9.03. The third kappa shape index (κ3) is 4.30. The Kier molecular flexibility index (Phi) is 5.45. The Bertz CT molecular complexity index is 358. The van der Waals surface area contributed by atoms with Crippen molar-refractivity contribution in [2.24, 2.45) is 0 Å². The predicted molar refractivity (Wildman–Crippen MR) is 66.0 cm³/mol. The molecule has 16 heavy (non-hydrogen) atoms. The minimum absolute atomic E-state index is 0.0959. The molecule has 1 rings (SSSR count). The number of likely N-dealkylation sites (N-methyl/N-ethyl adjacent to an activating group) is 1. The number of aliphatic hydroxyl groups is 1. The smallest absolute Gasteiger partial charge is 0.233 e. The van der Waals surface area contributed by atoms with Crippen molar-refractivity contribution in [1.82, 2.24) is 10.6 Å². The van der Waals surface area contributed by atoms with Crippen LogP contribution < -0.4 is 10.6 Å². The molecule has 88 valence electrons. The summed E-state index contributed by atoms with van der Waals surface area (Å²) >= 11 is 3.34. The molecule has 1 aromatic rings. The number of hydrogen-bond donors (Lipinski definition) is 3. The molecule has 0 bridgehead atoms. The molecule has 1 unspecified atom stereocenters. The lowest BCUT2D eigenvalue weighted by molar-refractivity contribution is -0.119. The van der Waals surface area contributed by atoms with Crippen molar-refractivity contribution < 1.29 is 9.90 Å². The van der Waals surface area contributed by atoms with Crippen LogP contribution in [-0.2, 0) is 4.79 Å². The van der Waals surface area contributed by atoms with E-state index in [0.717, 1.165) is 10.0 Å². The van der Waals surface area contributed by atoms with Crippen molar-refractivity contribution in [2.75, 3.05) is 20.1 Å². The molecular formula is C11H15BrN2O2. The van der Waals surface area contributed by atoms with Gasteiger partial charge in [0.2, 0.25) is 5.91 Å². The summed E-state index contributed by atoms with van der Waals surface area (Å²) in [5.74, 6) is -0.0959. The van der Waals surface area contributed by atoms with E-state index in [1.807, 2.05) is 24.3 Å². The van der Waals surface area contributed by atoms with E-state index < -0.39 is 6.10 Å². The fourth-order valence-electron chi connectivity index (χ4n) is 1.24. The summed E-state index contributed by atoms with van der Waals surface area (Å²) in [4.78, 5) is 10.9. The lowest BCUT2D eigenvalue weighted by Gasteiger charge is -2.12. The number of benzene rings is 1. The van der Waals surface area contributed by atoms with Crippen molar-refractivity contribution >= 4 is 21.8 Å². The van der Waals surface area contributed by atoms with Gasteiger partial charge in [0, 0.05) is 18.1 Å². The monoisotopic (exact) mass is 286 g/mol. The Labute approximate surface area is 103 Å². The lowest BCUT2D eigenvalue weighted by atomic mass is 10.1. The van der Waals surface area contributed by atoms with Gasteiger partial charge in [-0.1, -0.05) is 28.1 Å². The second kappa shape index (κ2) is 6.62. The van der Waals surface area contributed by atoms with Crippen molar-refractivity contribution in [3.8, 4) is 0 Å². The highest BCUT2D eigenvalue weighted by Gasteiger charge is 2.07.